The Hall–Kier alpha value is -1.06. The number of rotatable bonds is 3. The summed E-state index contributed by atoms with van der Waals surface area (Å²) in [7, 11) is 2.17. The van der Waals surface area contributed by atoms with E-state index in [2.05, 4.69) is 45.0 Å². The van der Waals surface area contributed by atoms with Crippen LogP contribution in [0.3, 0.4) is 0 Å². The van der Waals surface area contributed by atoms with Gasteiger partial charge in [-0.2, -0.15) is 0 Å². The topological polar surface area (TPSA) is 35.5 Å². The van der Waals surface area contributed by atoms with Crippen molar-refractivity contribution in [3.8, 4) is 5.75 Å². The number of phenols is 1. The van der Waals surface area contributed by atoms with Crippen LogP contribution in [0.25, 0.3) is 0 Å². The van der Waals surface area contributed by atoms with Gasteiger partial charge in [-0.1, -0.05) is 25.1 Å². The van der Waals surface area contributed by atoms with Crippen molar-refractivity contribution in [2.24, 2.45) is 5.92 Å². The molecule has 20 heavy (non-hydrogen) atoms. The lowest BCUT2D eigenvalue weighted by molar-refractivity contribution is 0.0654. The van der Waals surface area contributed by atoms with Gasteiger partial charge in [-0.15, -0.1) is 0 Å². The molecule has 1 saturated heterocycles. The van der Waals surface area contributed by atoms with Crippen LogP contribution >= 0.6 is 0 Å². The lowest BCUT2D eigenvalue weighted by atomic mass is 9.78. The van der Waals surface area contributed by atoms with Crippen molar-refractivity contribution in [2.75, 3.05) is 7.05 Å². The van der Waals surface area contributed by atoms with Crippen molar-refractivity contribution in [1.82, 2.24) is 10.2 Å². The van der Waals surface area contributed by atoms with Crippen LogP contribution in [0.15, 0.2) is 24.3 Å². The van der Waals surface area contributed by atoms with Gasteiger partial charge in [0.15, 0.2) is 0 Å². The van der Waals surface area contributed by atoms with Crippen molar-refractivity contribution in [3.63, 3.8) is 0 Å². The Kier molecular flexibility index (Phi) is 4.40. The molecule has 1 aromatic carbocycles. The molecule has 3 unspecified atom stereocenters. The molecule has 1 aliphatic rings. The molecule has 3 heteroatoms. The molecule has 3 atom stereocenters. The van der Waals surface area contributed by atoms with Crippen LogP contribution in [0.1, 0.15) is 39.7 Å². The summed E-state index contributed by atoms with van der Waals surface area (Å²) in [5.74, 6) is 0.993. The number of piperidine rings is 1. The van der Waals surface area contributed by atoms with Crippen LogP contribution in [0, 0.1) is 5.92 Å². The molecule has 1 fully saturated rings. The van der Waals surface area contributed by atoms with Gasteiger partial charge < -0.3 is 10.4 Å². The zero-order valence-electron chi connectivity index (χ0n) is 13.4. The maximum Gasteiger partial charge on any atom is 0.120 e. The zero-order valence-corrected chi connectivity index (χ0v) is 13.4. The third-order valence-electron chi connectivity index (χ3n) is 4.71. The number of para-hydroxylation sites is 1. The smallest absolute Gasteiger partial charge is 0.120 e. The summed E-state index contributed by atoms with van der Waals surface area (Å²) in [6.07, 6.45) is 1.13. The molecule has 2 rings (SSSR count). The van der Waals surface area contributed by atoms with E-state index in [-0.39, 0.29) is 5.54 Å². The summed E-state index contributed by atoms with van der Waals surface area (Å²) in [5.41, 5.74) is 1.18. The van der Waals surface area contributed by atoms with Crippen molar-refractivity contribution >= 4 is 0 Å². The third-order valence-corrected chi connectivity index (χ3v) is 4.71. The second-order valence-corrected chi connectivity index (χ2v) is 6.99. The fraction of sp³-hybridized carbons (Fsp3) is 0.647. The maximum absolute atomic E-state index is 9.94. The van der Waals surface area contributed by atoms with Crippen LogP contribution in [-0.2, 0) is 6.54 Å². The zero-order chi connectivity index (χ0) is 14.9. The normalized spacial score (nSPS) is 29.6. The summed E-state index contributed by atoms with van der Waals surface area (Å²) >= 11 is 0. The van der Waals surface area contributed by atoms with Crippen LogP contribution in [0.5, 0.6) is 5.75 Å². The largest absolute Gasteiger partial charge is 0.508 e. The standard InChI is InChI=1S/C17H28N2O/c1-12-13(2)18-17(3,4)10-15(12)19(5)11-14-8-6-7-9-16(14)20/h6-9,12-13,15,18,20H,10-11H2,1-5H3. The molecule has 0 saturated carbocycles. The third kappa shape index (κ3) is 3.33. The number of nitrogens with zero attached hydrogens (tertiary/aromatic N) is 1. The number of aromatic hydroxyl groups is 1. The quantitative estimate of drug-likeness (QED) is 0.891. The highest BCUT2D eigenvalue weighted by atomic mass is 16.3. The van der Waals surface area contributed by atoms with Crippen LogP contribution in [-0.4, -0.2) is 34.7 Å². The highest BCUT2D eigenvalue weighted by Crippen LogP contribution is 2.31. The molecule has 0 amide bonds. The average molecular weight is 276 g/mol. The van der Waals surface area contributed by atoms with E-state index in [9.17, 15) is 5.11 Å². The van der Waals surface area contributed by atoms with E-state index in [0.717, 1.165) is 18.5 Å². The van der Waals surface area contributed by atoms with Crippen molar-refractivity contribution in [1.29, 1.82) is 0 Å². The lowest BCUT2D eigenvalue weighted by Gasteiger charge is -2.48. The van der Waals surface area contributed by atoms with E-state index in [1.807, 2.05) is 18.2 Å². The molecule has 3 nitrogen and oxygen atoms in total. The highest BCUT2D eigenvalue weighted by molar-refractivity contribution is 5.31. The Balaban J connectivity index is 2.11. The second kappa shape index (κ2) is 5.74. The Morgan fingerprint density at radius 1 is 1.30 bits per heavy atom. The molecule has 0 bridgehead atoms. The second-order valence-electron chi connectivity index (χ2n) is 6.99. The molecule has 112 valence electrons. The summed E-state index contributed by atoms with van der Waals surface area (Å²) in [6.45, 7) is 9.93. The van der Waals surface area contributed by atoms with Crippen LogP contribution < -0.4 is 5.32 Å². The highest BCUT2D eigenvalue weighted by Gasteiger charge is 2.38. The van der Waals surface area contributed by atoms with Gasteiger partial charge >= 0.3 is 0 Å². The number of phenolic OH excluding ortho intramolecular Hbond substituents is 1. The minimum Gasteiger partial charge on any atom is -0.508 e. The Bertz CT molecular complexity index is 458. The van der Waals surface area contributed by atoms with Gasteiger partial charge in [0.2, 0.25) is 0 Å². The molecule has 0 spiro atoms. The first-order chi connectivity index (χ1) is 9.30. The number of benzene rings is 1. The van der Waals surface area contributed by atoms with E-state index in [0.29, 0.717) is 23.8 Å². The predicted octanol–water partition coefficient (Wildman–Crippen LogP) is 2.99. The SMILES string of the molecule is CC1NC(C)(C)CC(N(C)Cc2ccccc2O)C1C. The summed E-state index contributed by atoms with van der Waals surface area (Å²) in [6, 6.07) is 8.67. The molecule has 1 aliphatic heterocycles. The van der Waals surface area contributed by atoms with Crippen molar-refractivity contribution in [3.05, 3.63) is 29.8 Å². The number of hydrogen-bond acceptors (Lipinski definition) is 3. The van der Waals surface area contributed by atoms with E-state index in [1.165, 1.54) is 0 Å². The Morgan fingerprint density at radius 3 is 2.60 bits per heavy atom. The van der Waals surface area contributed by atoms with Gasteiger partial charge in [0.05, 0.1) is 0 Å². The van der Waals surface area contributed by atoms with E-state index >= 15 is 0 Å². The fourth-order valence-electron chi connectivity index (χ4n) is 3.44. The number of nitrogens with one attached hydrogen (secondary N) is 1. The molecule has 1 heterocycles. The van der Waals surface area contributed by atoms with Gasteiger partial charge in [-0.25, -0.2) is 0 Å². The van der Waals surface area contributed by atoms with Gasteiger partial charge in [0.1, 0.15) is 5.75 Å². The first kappa shape index (κ1) is 15.3. The van der Waals surface area contributed by atoms with Gasteiger partial charge in [0.25, 0.3) is 0 Å². The molecule has 2 N–H and O–H groups in total. The van der Waals surface area contributed by atoms with Gasteiger partial charge in [0, 0.05) is 29.7 Å². The van der Waals surface area contributed by atoms with Crippen LogP contribution in [0.4, 0.5) is 0 Å². The fourth-order valence-corrected chi connectivity index (χ4v) is 3.44. The molecular weight excluding hydrogens is 248 g/mol. The molecule has 0 aliphatic carbocycles. The molecular formula is C17H28N2O. The van der Waals surface area contributed by atoms with Crippen molar-refractivity contribution in [2.45, 2.75) is 58.3 Å². The molecule has 1 aromatic rings. The van der Waals surface area contributed by atoms with Crippen molar-refractivity contribution < 1.29 is 5.11 Å². The van der Waals surface area contributed by atoms with Gasteiger partial charge in [-0.3, -0.25) is 4.90 Å². The minimum absolute atomic E-state index is 0.170. The Morgan fingerprint density at radius 2 is 1.95 bits per heavy atom. The predicted molar refractivity (Wildman–Crippen MR) is 83.8 cm³/mol. The van der Waals surface area contributed by atoms with E-state index in [4.69, 9.17) is 0 Å². The van der Waals surface area contributed by atoms with E-state index in [1.54, 1.807) is 6.07 Å². The maximum atomic E-state index is 9.94. The lowest BCUT2D eigenvalue weighted by Crippen LogP contribution is -2.60. The minimum atomic E-state index is 0.170. The Labute approximate surface area is 123 Å². The summed E-state index contributed by atoms with van der Waals surface area (Å²) in [5, 5.41) is 13.6. The first-order valence-corrected chi connectivity index (χ1v) is 7.55. The number of hydrogen-bond donors (Lipinski definition) is 2. The molecule has 0 radical (unpaired) electrons. The first-order valence-electron chi connectivity index (χ1n) is 7.55. The summed E-state index contributed by atoms with van der Waals surface area (Å²) in [4.78, 5) is 2.39. The monoisotopic (exact) mass is 276 g/mol. The van der Waals surface area contributed by atoms with E-state index < -0.39 is 0 Å². The van der Waals surface area contributed by atoms with Gasteiger partial charge in [-0.05, 0) is 46.2 Å². The average Bonchev–Trinajstić information content (AvgIpc) is 2.36. The van der Waals surface area contributed by atoms with Crippen LogP contribution in [0.2, 0.25) is 0 Å². The summed E-state index contributed by atoms with van der Waals surface area (Å²) < 4.78 is 0. The molecule has 0 aromatic heterocycles.